The fourth-order valence-corrected chi connectivity index (χ4v) is 3.52. The monoisotopic (exact) mass is 384 g/mol. The molecule has 0 amide bonds. The summed E-state index contributed by atoms with van der Waals surface area (Å²) in [6, 6.07) is 10.9. The van der Waals surface area contributed by atoms with Gasteiger partial charge in [-0.25, -0.2) is 10.2 Å². The van der Waals surface area contributed by atoms with Crippen LogP contribution in [0.5, 0.6) is 5.75 Å². The van der Waals surface area contributed by atoms with Gasteiger partial charge < -0.3 is 20.2 Å². The Morgan fingerprint density at radius 1 is 1.18 bits per heavy atom. The molecule has 28 heavy (non-hydrogen) atoms. The SMILES string of the molecule is CCN(CC)CCCNc1c2cc(OC)ccc2nc2cccc([NH+]([O-])O)c12. The molecule has 0 aliphatic rings. The largest absolute Gasteiger partial charge is 0.595 e. The smallest absolute Gasteiger partial charge is 0.175 e. The second kappa shape index (κ2) is 9.16. The summed E-state index contributed by atoms with van der Waals surface area (Å²) in [7, 11) is 1.62. The Kier molecular flexibility index (Phi) is 6.64. The van der Waals surface area contributed by atoms with E-state index in [1.807, 2.05) is 24.3 Å². The Morgan fingerprint density at radius 3 is 2.64 bits per heavy atom. The molecule has 2 aromatic carbocycles. The number of ether oxygens (including phenoxy) is 1. The Hall–Kier alpha value is -2.45. The molecule has 0 bridgehead atoms. The first kappa shape index (κ1) is 20.3. The van der Waals surface area contributed by atoms with E-state index in [1.54, 1.807) is 19.2 Å². The van der Waals surface area contributed by atoms with Crippen LogP contribution in [0.2, 0.25) is 0 Å². The molecule has 0 saturated heterocycles. The first-order valence-corrected chi connectivity index (χ1v) is 9.69. The van der Waals surface area contributed by atoms with E-state index in [1.165, 1.54) is 0 Å². The molecule has 0 saturated carbocycles. The molecule has 150 valence electrons. The molecule has 1 aromatic heterocycles. The number of pyridine rings is 1. The highest BCUT2D eigenvalue weighted by Crippen LogP contribution is 2.35. The summed E-state index contributed by atoms with van der Waals surface area (Å²) >= 11 is 0. The summed E-state index contributed by atoms with van der Waals surface area (Å²) < 4.78 is 5.37. The zero-order valence-electron chi connectivity index (χ0n) is 16.7. The molecule has 3 rings (SSSR count). The van der Waals surface area contributed by atoms with Crippen molar-refractivity contribution in [1.29, 1.82) is 0 Å². The summed E-state index contributed by atoms with van der Waals surface area (Å²) in [4.78, 5) is 7.04. The molecule has 0 radical (unpaired) electrons. The molecule has 3 N–H and O–H groups in total. The van der Waals surface area contributed by atoms with Gasteiger partial charge in [0.05, 0.1) is 29.2 Å². The van der Waals surface area contributed by atoms with Gasteiger partial charge in [-0.15, -0.1) is 0 Å². The van der Waals surface area contributed by atoms with Crippen LogP contribution in [-0.4, -0.2) is 48.4 Å². The Bertz CT molecular complexity index is 942. The molecule has 7 heteroatoms. The summed E-state index contributed by atoms with van der Waals surface area (Å²) in [6.07, 6.45) is 0.964. The number of hydrogen-bond acceptors (Lipinski definition) is 6. The fourth-order valence-electron chi connectivity index (χ4n) is 3.52. The average Bonchev–Trinajstić information content (AvgIpc) is 2.72. The van der Waals surface area contributed by atoms with Gasteiger partial charge in [-0.05, 0) is 50.3 Å². The number of anilines is 1. The van der Waals surface area contributed by atoms with Gasteiger partial charge in [0.1, 0.15) is 5.75 Å². The van der Waals surface area contributed by atoms with Crippen molar-refractivity contribution in [3.63, 3.8) is 0 Å². The normalized spacial score (nSPS) is 12.6. The standard InChI is InChI=1S/C21H28N4O3/c1-4-24(5-2)13-7-12-22-21-16-14-15(28-3)10-11-17(16)23-18-8-6-9-19(20(18)21)25(26)27/h6,8-11,14,25-26H,4-5,7,12-13H2,1-3H3,(H,22,23). The molecule has 0 aliphatic carbocycles. The molecule has 0 spiro atoms. The van der Waals surface area contributed by atoms with E-state index >= 15 is 0 Å². The van der Waals surface area contributed by atoms with Gasteiger partial charge in [-0.3, -0.25) is 0 Å². The van der Waals surface area contributed by atoms with Crippen LogP contribution in [0.1, 0.15) is 20.3 Å². The van der Waals surface area contributed by atoms with Crippen LogP contribution in [0.25, 0.3) is 21.8 Å². The van der Waals surface area contributed by atoms with Crippen LogP contribution in [0.15, 0.2) is 36.4 Å². The number of fused-ring (bicyclic) bond motifs is 2. The molecular weight excluding hydrogens is 356 g/mol. The minimum absolute atomic E-state index is 0.251. The predicted molar refractivity (Wildman–Crippen MR) is 112 cm³/mol. The van der Waals surface area contributed by atoms with Crippen molar-refractivity contribution >= 4 is 33.2 Å². The minimum atomic E-state index is -0.958. The maximum absolute atomic E-state index is 11.8. The molecule has 1 unspecified atom stereocenters. The van der Waals surface area contributed by atoms with Gasteiger partial charge in [0, 0.05) is 18.0 Å². The minimum Gasteiger partial charge on any atom is -0.595 e. The third kappa shape index (κ3) is 4.18. The van der Waals surface area contributed by atoms with Crippen LogP contribution in [-0.2, 0) is 0 Å². The lowest BCUT2D eigenvalue weighted by Gasteiger charge is -2.20. The van der Waals surface area contributed by atoms with Crippen LogP contribution >= 0.6 is 0 Å². The molecule has 0 aliphatic heterocycles. The molecule has 0 fully saturated rings. The van der Waals surface area contributed by atoms with Crippen LogP contribution in [0, 0.1) is 5.21 Å². The van der Waals surface area contributed by atoms with Crippen molar-refractivity contribution < 1.29 is 15.2 Å². The van der Waals surface area contributed by atoms with Crippen molar-refractivity contribution in [1.82, 2.24) is 9.88 Å². The van der Waals surface area contributed by atoms with Gasteiger partial charge >= 0.3 is 0 Å². The predicted octanol–water partition coefficient (Wildman–Crippen LogP) is 2.94. The van der Waals surface area contributed by atoms with Gasteiger partial charge in [0.2, 0.25) is 0 Å². The quantitative estimate of drug-likeness (QED) is 0.299. The van der Waals surface area contributed by atoms with Crippen molar-refractivity contribution in [2.45, 2.75) is 20.3 Å². The molecule has 1 atom stereocenters. The molecule has 7 nitrogen and oxygen atoms in total. The van der Waals surface area contributed by atoms with Crippen molar-refractivity contribution in [3.05, 3.63) is 41.6 Å². The highest BCUT2D eigenvalue weighted by Gasteiger charge is 2.17. The van der Waals surface area contributed by atoms with E-state index in [0.717, 1.165) is 49.2 Å². The maximum Gasteiger partial charge on any atom is 0.175 e. The molecule has 1 heterocycles. The van der Waals surface area contributed by atoms with E-state index in [0.29, 0.717) is 16.7 Å². The lowest BCUT2D eigenvalue weighted by atomic mass is 10.1. The van der Waals surface area contributed by atoms with Gasteiger partial charge in [0.15, 0.2) is 5.69 Å². The number of nitrogens with one attached hydrogen (secondary N) is 2. The van der Waals surface area contributed by atoms with E-state index in [-0.39, 0.29) is 5.69 Å². The number of rotatable bonds is 9. The Morgan fingerprint density at radius 2 is 1.96 bits per heavy atom. The summed E-state index contributed by atoms with van der Waals surface area (Å²) in [5.41, 5.74) is 2.53. The number of nitrogens with zero attached hydrogens (tertiary/aromatic N) is 2. The second-order valence-corrected chi connectivity index (χ2v) is 6.68. The van der Waals surface area contributed by atoms with E-state index in [2.05, 4.69) is 29.0 Å². The number of methoxy groups -OCH3 is 1. The maximum atomic E-state index is 11.8. The van der Waals surface area contributed by atoms with Crippen molar-refractivity contribution in [2.24, 2.45) is 0 Å². The van der Waals surface area contributed by atoms with Crippen molar-refractivity contribution in [3.8, 4) is 5.75 Å². The van der Waals surface area contributed by atoms with Gasteiger partial charge in [-0.2, -0.15) is 5.23 Å². The van der Waals surface area contributed by atoms with Gasteiger partial charge in [0.25, 0.3) is 0 Å². The van der Waals surface area contributed by atoms with Crippen molar-refractivity contribution in [2.75, 3.05) is 38.6 Å². The fraction of sp³-hybridized carbons (Fsp3) is 0.381. The first-order chi connectivity index (χ1) is 13.6. The van der Waals surface area contributed by atoms with E-state index < -0.39 is 5.23 Å². The Balaban J connectivity index is 2.06. The van der Waals surface area contributed by atoms with Gasteiger partial charge in [-0.1, -0.05) is 19.9 Å². The molecular formula is C21H28N4O3. The Labute approximate surface area is 165 Å². The summed E-state index contributed by atoms with van der Waals surface area (Å²) in [6.45, 7) is 8.11. The summed E-state index contributed by atoms with van der Waals surface area (Å²) in [5, 5.41) is 25.6. The highest BCUT2D eigenvalue weighted by atomic mass is 16.8. The number of benzene rings is 2. The number of quaternary nitrogens is 1. The molecule has 3 aromatic rings. The van der Waals surface area contributed by atoms with Crippen LogP contribution in [0.4, 0.5) is 11.4 Å². The first-order valence-electron chi connectivity index (χ1n) is 9.69. The van der Waals surface area contributed by atoms with Crippen LogP contribution < -0.4 is 15.3 Å². The lowest BCUT2D eigenvalue weighted by molar-refractivity contribution is -0.990. The second-order valence-electron chi connectivity index (χ2n) is 6.68. The summed E-state index contributed by atoms with van der Waals surface area (Å²) in [5.74, 6) is 0.715. The third-order valence-corrected chi connectivity index (χ3v) is 5.08. The van der Waals surface area contributed by atoms with E-state index in [4.69, 9.17) is 4.74 Å². The average molecular weight is 384 g/mol. The topological polar surface area (TPSA) is 85.1 Å². The number of aromatic nitrogens is 1. The third-order valence-electron chi connectivity index (χ3n) is 5.08. The zero-order chi connectivity index (χ0) is 20.1. The highest BCUT2D eigenvalue weighted by molar-refractivity contribution is 6.11. The lowest BCUT2D eigenvalue weighted by Crippen LogP contribution is -2.99. The zero-order valence-corrected chi connectivity index (χ0v) is 16.7. The number of hydrogen-bond donors (Lipinski definition) is 3. The van der Waals surface area contributed by atoms with E-state index in [9.17, 15) is 10.4 Å². The van der Waals surface area contributed by atoms with Crippen LogP contribution in [0.3, 0.4) is 0 Å².